The quantitative estimate of drug-likeness (QED) is 0.568. The summed E-state index contributed by atoms with van der Waals surface area (Å²) >= 11 is 1.79. The van der Waals surface area contributed by atoms with E-state index in [0.29, 0.717) is 17.9 Å². The molecule has 1 saturated carbocycles. The fourth-order valence-corrected chi connectivity index (χ4v) is 5.08. The highest BCUT2D eigenvalue weighted by molar-refractivity contribution is 8.00. The monoisotopic (exact) mass is 345 g/mol. The number of nitrogens with one attached hydrogen (secondary N) is 2. The fraction of sp³-hybridized carbons (Fsp3) is 1.00. The van der Waals surface area contributed by atoms with Crippen molar-refractivity contribution in [3.05, 3.63) is 0 Å². The highest BCUT2D eigenvalue weighted by Crippen LogP contribution is 2.37. The van der Waals surface area contributed by atoms with Crippen molar-refractivity contribution in [1.82, 2.24) is 15.8 Å². The number of aliphatic hydroxyl groups excluding tert-OH is 2. The maximum Gasteiger partial charge on any atom is 0.122 e. The van der Waals surface area contributed by atoms with Crippen LogP contribution in [0, 0.1) is 11.8 Å². The van der Waals surface area contributed by atoms with E-state index in [-0.39, 0.29) is 23.6 Å². The standard InChI is InChI=1S/C16H31N3O3S/c1-10-19(2)18-16(23-10)17-15(21)12-5-3-4-11(8-12)14-7-6-13(20)9-22-14/h10-18,20-21H,3-9H2,1-2H3. The molecule has 1 aliphatic carbocycles. The van der Waals surface area contributed by atoms with Gasteiger partial charge in [0.2, 0.25) is 0 Å². The minimum absolute atomic E-state index is 0.0754. The van der Waals surface area contributed by atoms with Gasteiger partial charge < -0.3 is 14.9 Å². The first-order valence-corrected chi connectivity index (χ1v) is 9.85. The summed E-state index contributed by atoms with van der Waals surface area (Å²) in [5, 5.41) is 26.0. The number of hydrogen-bond acceptors (Lipinski definition) is 7. The van der Waals surface area contributed by atoms with Crippen LogP contribution in [-0.2, 0) is 4.74 Å². The molecule has 0 spiro atoms. The first-order valence-electron chi connectivity index (χ1n) is 8.91. The first kappa shape index (κ1) is 17.9. The number of hydrogen-bond donors (Lipinski definition) is 4. The summed E-state index contributed by atoms with van der Waals surface area (Å²) < 4.78 is 5.84. The highest BCUT2D eigenvalue weighted by Gasteiger charge is 2.36. The lowest BCUT2D eigenvalue weighted by atomic mass is 9.76. The van der Waals surface area contributed by atoms with E-state index in [9.17, 15) is 10.2 Å². The molecule has 0 aromatic heterocycles. The van der Waals surface area contributed by atoms with Crippen molar-refractivity contribution < 1.29 is 14.9 Å². The average molecular weight is 346 g/mol. The highest BCUT2D eigenvalue weighted by atomic mass is 32.2. The van der Waals surface area contributed by atoms with Gasteiger partial charge in [0, 0.05) is 7.05 Å². The van der Waals surface area contributed by atoms with Crippen molar-refractivity contribution in [3.63, 3.8) is 0 Å². The Hall–Kier alpha value is 0.110. The molecule has 0 bridgehead atoms. The summed E-state index contributed by atoms with van der Waals surface area (Å²) in [5.74, 6) is 0.802. The molecule has 0 radical (unpaired) electrons. The van der Waals surface area contributed by atoms with Gasteiger partial charge >= 0.3 is 0 Å². The predicted octanol–water partition coefficient (Wildman–Crippen LogP) is 1.05. The van der Waals surface area contributed by atoms with E-state index in [1.165, 1.54) is 6.42 Å². The molecular formula is C16H31N3O3S. The Labute approximate surface area is 143 Å². The van der Waals surface area contributed by atoms with Crippen LogP contribution in [0.5, 0.6) is 0 Å². The van der Waals surface area contributed by atoms with Gasteiger partial charge in [-0.1, -0.05) is 6.42 Å². The van der Waals surface area contributed by atoms with Gasteiger partial charge in [-0.25, -0.2) is 10.4 Å². The summed E-state index contributed by atoms with van der Waals surface area (Å²) in [6.45, 7) is 2.62. The Morgan fingerprint density at radius 3 is 2.78 bits per heavy atom. The van der Waals surface area contributed by atoms with Crippen LogP contribution >= 0.6 is 11.8 Å². The normalized spacial score (nSPS) is 44.3. The summed E-state index contributed by atoms with van der Waals surface area (Å²) in [6.07, 6.45) is 5.71. The molecule has 4 N–H and O–H groups in total. The Bertz CT molecular complexity index is 372. The smallest absolute Gasteiger partial charge is 0.122 e. The molecule has 0 aromatic carbocycles. The molecule has 2 saturated heterocycles. The van der Waals surface area contributed by atoms with E-state index < -0.39 is 6.23 Å². The zero-order valence-electron chi connectivity index (χ0n) is 14.1. The third-order valence-electron chi connectivity index (χ3n) is 5.54. The van der Waals surface area contributed by atoms with Crippen LogP contribution in [0.25, 0.3) is 0 Å². The van der Waals surface area contributed by atoms with Gasteiger partial charge in [0.1, 0.15) is 11.7 Å². The van der Waals surface area contributed by atoms with Crippen molar-refractivity contribution in [2.75, 3.05) is 13.7 Å². The first-order chi connectivity index (χ1) is 11.0. The predicted molar refractivity (Wildman–Crippen MR) is 91.3 cm³/mol. The SMILES string of the molecule is CC1SC(NC(O)C2CCCC(C3CCC(O)CO3)C2)NN1C. The van der Waals surface area contributed by atoms with Crippen molar-refractivity contribution in [2.24, 2.45) is 11.8 Å². The molecule has 2 aliphatic heterocycles. The molecule has 7 atom stereocenters. The Balaban J connectivity index is 1.48. The third-order valence-corrected chi connectivity index (χ3v) is 6.76. The summed E-state index contributed by atoms with van der Waals surface area (Å²) in [5.41, 5.74) is 3.40. The molecule has 3 fully saturated rings. The van der Waals surface area contributed by atoms with Crippen LogP contribution in [0.4, 0.5) is 0 Å². The van der Waals surface area contributed by atoms with Gasteiger partial charge in [0.15, 0.2) is 0 Å². The lowest BCUT2D eigenvalue weighted by molar-refractivity contribution is -0.0931. The van der Waals surface area contributed by atoms with E-state index >= 15 is 0 Å². The molecule has 2 heterocycles. The van der Waals surface area contributed by atoms with Crippen molar-refractivity contribution in [2.45, 2.75) is 74.8 Å². The van der Waals surface area contributed by atoms with Gasteiger partial charge in [0.25, 0.3) is 0 Å². The van der Waals surface area contributed by atoms with E-state index in [2.05, 4.69) is 22.7 Å². The second-order valence-electron chi connectivity index (χ2n) is 7.26. The van der Waals surface area contributed by atoms with Crippen LogP contribution in [0.2, 0.25) is 0 Å². The summed E-state index contributed by atoms with van der Waals surface area (Å²) in [4.78, 5) is 0. The van der Waals surface area contributed by atoms with Gasteiger partial charge in [-0.15, -0.1) is 11.8 Å². The van der Waals surface area contributed by atoms with Crippen LogP contribution in [0.1, 0.15) is 45.4 Å². The molecule has 23 heavy (non-hydrogen) atoms. The number of thioether (sulfide) groups is 1. The van der Waals surface area contributed by atoms with Crippen LogP contribution < -0.4 is 10.7 Å². The zero-order chi connectivity index (χ0) is 16.4. The molecule has 7 unspecified atom stereocenters. The molecule has 0 amide bonds. The van der Waals surface area contributed by atoms with E-state index in [1.54, 1.807) is 11.8 Å². The number of rotatable bonds is 4. The number of nitrogens with zero attached hydrogens (tertiary/aromatic N) is 1. The summed E-state index contributed by atoms with van der Waals surface area (Å²) in [7, 11) is 2.03. The number of hydrazine groups is 1. The second kappa shape index (κ2) is 7.99. The second-order valence-corrected chi connectivity index (χ2v) is 8.68. The van der Waals surface area contributed by atoms with Crippen LogP contribution in [0.3, 0.4) is 0 Å². The molecule has 6 nitrogen and oxygen atoms in total. The summed E-state index contributed by atoms with van der Waals surface area (Å²) in [6, 6.07) is 0. The fourth-order valence-electron chi connectivity index (χ4n) is 4.00. The Kier molecular flexibility index (Phi) is 6.23. The molecule has 0 aromatic rings. The minimum atomic E-state index is -0.476. The van der Waals surface area contributed by atoms with Crippen molar-refractivity contribution >= 4 is 11.8 Å². The molecule has 3 aliphatic rings. The van der Waals surface area contributed by atoms with Crippen LogP contribution in [0.15, 0.2) is 0 Å². The minimum Gasteiger partial charge on any atom is -0.391 e. The molecule has 134 valence electrons. The number of ether oxygens (including phenoxy) is 1. The topological polar surface area (TPSA) is 77.0 Å². The lowest BCUT2D eigenvalue weighted by Crippen LogP contribution is -2.49. The lowest BCUT2D eigenvalue weighted by Gasteiger charge is -2.39. The largest absolute Gasteiger partial charge is 0.391 e. The molecule has 3 rings (SSSR count). The van der Waals surface area contributed by atoms with Gasteiger partial charge in [-0.05, 0) is 50.9 Å². The van der Waals surface area contributed by atoms with Gasteiger partial charge in [0.05, 0.1) is 24.2 Å². The Morgan fingerprint density at radius 1 is 1.30 bits per heavy atom. The van der Waals surface area contributed by atoms with Gasteiger partial charge in [-0.3, -0.25) is 5.32 Å². The van der Waals surface area contributed by atoms with Crippen molar-refractivity contribution in [3.8, 4) is 0 Å². The van der Waals surface area contributed by atoms with E-state index in [1.807, 2.05) is 7.05 Å². The zero-order valence-corrected chi connectivity index (χ0v) is 15.0. The maximum atomic E-state index is 10.6. The average Bonchev–Trinajstić information content (AvgIpc) is 2.86. The van der Waals surface area contributed by atoms with Crippen molar-refractivity contribution in [1.29, 1.82) is 0 Å². The van der Waals surface area contributed by atoms with Gasteiger partial charge in [-0.2, -0.15) is 0 Å². The molecule has 7 heteroatoms. The maximum absolute atomic E-state index is 10.6. The third kappa shape index (κ3) is 4.60. The number of aliphatic hydroxyl groups is 2. The van der Waals surface area contributed by atoms with E-state index in [0.717, 1.165) is 32.1 Å². The Morgan fingerprint density at radius 2 is 2.13 bits per heavy atom. The molecular weight excluding hydrogens is 314 g/mol. The van der Waals surface area contributed by atoms with E-state index in [4.69, 9.17) is 4.74 Å². The van der Waals surface area contributed by atoms with Crippen LogP contribution in [-0.4, -0.2) is 58.2 Å².